The number of oxime groups is 1. The molecule has 5 heteroatoms. The van der Waals surface area contributed by atoms with Crippen molar-refractivity contribution >= 4 is 5.84 Å². The van der Waals surface area contributed by atoms with Gasteiger partial charge in [-0.05, 0) is 53.4 Å². The fraction of sp³-hybridized carbons (Fsp3) is 0.909. The lowest BCUT2D eigenvalue weighted by atomic mass is 10.2. The summed E-state index contributed by atoms with van der Waals surface area (Å²) < 4.78 is 0. The van der Waals surface area contributed by atoms with Crippen LogP contribution in [0, 0.1) is 0 Å². The molecule has 0 aliphatic heterocycles. The van der Waals surface area contributed by atoms with E-state index in [1.807, 2.05) is 0 Å². The minimum Gasteiger partial charge on any atom is -0.409 e. The van der Waals surface area contributed by atoms with E-state index >= 15 is 0 Å². The number of nitrogens with zero attached hydrogens (tertiary/aromatic N) is 2. The van der Waals surface area contributed by atoms with Gasteiger partial charge in [-0.1, -0.05) is 5.16 Å². The maximum Gasteiger partial charge on any atom is 0.139 e. The Kier molecular flexibility index (Phi) is 8.94. The number of nitrogens with two attached hydrogens (primary N) is 1. The molecule has 5 nitrogen and oxygen atoms in total. The van der Waals surface area contributed by atoms with Gasteiger partial charge in [0.1, 0.15) is 5.84 Å². The van der Waals surface area contributed by atoms with Crippen LogP contribution in [-0.4, -0.2) is 49.2 Å². The molecule has 0 amide bonds. The number of unbranched alkanes of at least 4 members (excludes halogenated alkanes) is 1. The van der Waals surface area contributed by atoms with Gasteiger partial charge in [0.25, 0.3) is 0 Å². The SMILES string of the molecule is CC(CCN(C)C)NCCCCC(N)=NO. The van der Waals surface area contributed by atoms with Crippen molar-refractivity contribution in [2.24, 2.45) is 10.9 Å². The highest BCUT2D eigenvalue weighted by molar-refractivity contribution is 5.79. The highest BCUT2D eigenvalue weighted by atomic mass is 16.4. The lowest BCUT2D eigenvalue weighted by Gasteiger charge is -2.16. The molecule has 16 heavy (non-hydrogen) atoms. The zero-order chi connectivity index (χ0) is 12.4. The summed E-state index contributed by atoms with van der Waals surface area (Å²) in [7, 11) is 4.17. The third-order valence-corrected chi connectivity index (χ3v) is 2.49. The molecule has 0 aliphatic carbocycles. The van der Waals surface area contributed by atoms with Gasteiger partial charge in [0.05, 0.1) is 0 Å². The first-order valence-electron chi connectivity index (χ1n) is 5.90. The molecule has 0 fully saturated rings. The maximum atomic E-state index is 8.34. The zero-order valence-electron chi connectivity index (χ0n) is 10.7. The molecule has 0 aromatic heterocycles. The van der Waals surface area contributed by atoms with Gasteiger partial charge in [0.2, 0.25) is 0 Å². The van der Waals surface area contributed by atoms with Crippen molar-refractivity contribution < 1.29 is 5.21 Å². The Morgan fingerprint density at radius 1 is 1.44 bits per heavy atom. The van der Waals surface area contributed by atoms with E-state index in [2.05, 4.69) is 36.4 Å². The van der Waals surface area contributed by atoms with Crippen molar-refractivity contribution in [3.63, 3.8) is 0 Å². The Hall–Kier alpha value is -0.810. The van der Waals surface area contributed by atoms with E-state index in [1.54, 1.807) is 0 Å². The van der Waals surface area contributed by atoms with E-state index in [0.29, 0.717) is 18.3 Å². The van der Waals surface area contributed by atoms with Crippen LogP contribution in [0.3, 0.4) is 0 Å². The number of amidine groups is 1. The van der Waals surface area contributed by atoms with Crippen LogP contribution in [0.4, 0.5) is 0 Å². The molecular formula is C11H26N4O. The summed E-state index contributed by atoms with van der Waals surface area (Å²) in [5, 5.41) is 14.7. The smallest absolute Gasteiger partial charge is 0.139 e. The predicted molar refractivity (Wildman–Crippen MR) is 67.9 cm³/mol. The van der Waals surface area contributed by atoms with Gasteiger partial charge in [-0.25, -0.2) is 0 Å². The molecule has 0 saturated heterocycles. The topological polar surface area (TPSA) is 73.9 Å². The van der Waals surface area contributed by atoms with E-state index in [4.69, 9.17) is 10.9 Å². The molecule has 96 valence electrons. The normalized spacial score (nSPS) is 14.4. The summed E-state index contributed by atoms with van der Waals surface area (Å²) in [6, 6.07) is 0.547. The fourth-order valence-electron chi connectivity index (χ4n) is 1.38. The van der Waals surface area contributed by atoms with Gasteiger partial charge >= 0.3 is 0 Å². The predicted octanol–water partition coefficient (Wildman–Crippen LogP) is 0.833. The van der Waals surface area contributed by atoms with E-state index in [9.17, 15) is 0 Å². The quantitative estimate of drug-likeness (QED) is 0.180. The standard InChI is InChI=1S/C11H26N4O/c1-10(7-9-15(2)3)13-8-5-4-6-11(12)14-16/h10,13,16H,4-9H2,1-3H3,(H2,12,14). The van der Waals surface area contributed by atoms with Crippen molar-refractivity contribution in [3.8, 4) is 0 Å². The van der Waals surface area contributed by atoms with Crippen LogP contribution in [0.5, 0.6) is 0 Å². The first-order valence-corrected chi connectivity index (χ1v) is 5.90. The Balaban J connectivity index is 3.31. The first kappa shape index (κ1) is 15.2. The van der Waals surface area contributed by atoms with E-state index < -0.39 is 0 Å². The Morgan fingerprint density at radius 3 is 2.69 bits per heavy atom. The molecule has 0 aromatic carbocycles. The molecule has 0 aromatic rings. The fourth-order valence-corrected chi connectivity index (χ4v) is 1.38. The van der Waals surface area contributed by atoms with E-state index in [-0.39, 0.29) is 0 Å². The summed E-state index contributed by atoms with van der Waals surface area (Å²) in [5.41, 5.74) is 5.37. The number of rotatable bonds is 9. The van der Waals surface area contributed by atoms with Crippen molar-refractivity contribution in [2.75, 3.05) is 27.2 Å². The van der Waals surface area contributed by atoms with Crippen LogP contribution < -0.4 is 11.1 Å². The second-order valence-electron chi connectivity index (χ2n) is 4.50. The molecule has 1 atom stereocenters. The molecule has 0 aliphatic rings. The van der Waals surface area contributed by atoms with Gasteiger partial charge in [-0.3, -0.25) is 0 Å². The maximum absolute atomic E-state index is 8.34. The van der Waals surface area contributed by atoms with Crippen LogP contribution in [0.15, 0.2) is 5.16 Å². The molecule has 0 heterocycles. The molecule has 0 saturated carbocycles. The first-order chi connectivity index (χ1) is 7.56. The summed E-state index contributed by atoms with van der Waals surface area (Å²) in [5.74, 6) is 0.320. The van der Waals surface area contributed by atoms with E-state index in [0.717, 1.165) is 32.4 Å². The Bertz CT molecular complexity index is 194. The highest BCUT2D eigenvalue weighted by Crippen LogP contribution is 1.96. The van der Waals surface area contributed by atoms with Crippen molar-refractivity contribution in [1.82, 2.24) is 10.2 Å². The van der Waals surface area contributed by atoms with Crippen LogP contribution in [0.25, 0.3) is 0 Å². The molecular weight excluding hydrogens is 204 g/mol. The average molecular weight is 230 g/mol. The second-order valence-corrected chi connectivity index (χ2v) is 4.50. The molecule has 0 spiro atoms. The summed E-state index contributed by atoms with van der Waals surface area (Å²) in [6.45, 7) is 4.30. The summed E-state index contributed by atoms with van der Waals surface area (Å²) in [6.07, 6.45) is 3.85. The summed E-state index contributed by atoms with van der Waals surface area (Å²) in [4.78, 5) is 2.19. The van der Waals surface area contributed by atoms with Crippen LogP contribution in [-0.2, 0) is 0 Å². The summed E-state index contributed by atoms with van der Waals surface area (Å²) >= 11 is 0. The molecule has 1 unspecified atom stereocenters. The number of hydrogen-bond acceptors (Lipinski definition) is 4. The Morgan fingerprint density at radius 2 is 2.12 bits per heavy atom. The van der Waals surface area contributed by atoms with Gasteiger partial charge in [0.15, 0.2) is 0 Å². The largest absolute Gasteiger partial charge is 0.409 e. The monoisotopic (exact) mass is 230 g/mol. The third kappa shape index (κ3) is 9.73. The number of hydrogen-bond donors (Lipinski definition) is 3. The van der Waals surface area contributed by atoms with Crippen LogP contribution >= 0.6 is 0 Å². The Labute approximate surface area is 98.7 Å². The van der Waals surface area contributed by atoms with Crippen molar-refractivity contribution in [1.29, 1.82) is 0 Å². The minimum absolute atomic E-state index is 0.320. The van der Waals surface area contributed by atoms with Crippen LogP contribution in [0.1, 0.15) is 32.6 Å². The highest BCUT2D eigenvalue weighted by Gasteiger charge is 2.01. The average Bonchev–Trinajstić information content (AvgIpc) is 2.25. The second kappa shape index (κ2) is 9.42. The van der Waals surface area contributed by atoms with Gasteiger partial charge < -0.3 is 21.2 Å². The third-order valence-electron chi connectivity index (χ3n) is 2.49. The molecule has 0 bridgehead atoms. The van der Waals surface area contributed by atoms with E-state index in [1.165, 1.54) is 0 Å². The molecule has 4 N–H and O–H groups in total. The minimum atomic E-state index is 0.320. The van der Waals surface area contributed by atoms with Gasteiger partial charge in [0, 0.05) is 12.5 Å². The zero-order valence-corrected chi connectivity index (χ0v) is 10.7. The van der Waals surface area contributed by atoms with Crippen molar-refractivity contribution in [3.05, 3.63) is 0 Å². The lowest BCUT2D eigenvalue weighted by molar-refractivity contribution is 0.316. The lowest BCUT2D eigenvalue weighted by Crippen LogP contribution is -2.30. The van der Waals surface area contributed by atoms with Crippen molar-refractivity contribution in [2.45, 2.75) is 38.6 Å². The van der Waals surface area contributed by atoms with Gasteiger partial charge in [-0.2, -0.15) is 0 Å². The van der Waals surface area contributed by atoms with Crippen LogP contribution in [0.2, 0.25) is 0 Å². The van der Waals surface area contributed by atoms with Gasteiger partial charge in [-0.15, -0.1) is 0 Å². The number of nitrogens with one attached hydrogen (secondary N) is 1. The molecule has 0 radical (unpaired) electrons. The molecule has 0 rings (SSSR count).